The zero-order chi connectivity index (χ0) is 26.0. The predicted octanol–water partition coefficient (Wildman–Crippen LogP) is 5.34. The van der Waals surface area contributed by atoms with Crippen molar-refractivity contribution < 1.29 is 42.8 Å². The third-order valence-corrected chi connectivity index (χ3v) is 5.89. The number of allylic oxidation sites excluding steroid dienone is 3. The Labute approximate surface area is 204 Å². The average molecular weight is 501 g/mol. The van der Waals surface area contributed by atoms with E-state index in [9.17, 15) is 33.3 Å². The Morgan fingerprint density at radius 3 is 2.49 bits per heavy atom. The molecule has 1 aromatic carbocycles. The van der Waals surface area contributed by atoms with Crippen LogP contribution in [0.25, 0.3) is 0 Å². The van der Waals surface area contributed by atoms with Crippen LogP contribution in [-0.4, -0.2) is 46.2 Å². The van der Waals surface area contributed by atoms with Crippen LogP contribution in [0.5, 0.6) is 5.75 Å². The van der Waals surface area contributed by atoms with Gasteiger partial charge in [-0.15, -0.1) is 0 Å². The lowest BCUT2D eigenvalue weighted by molar-refractivity contribution is -0.147. The molecule has 6 nitrogen and oxygen atoms in total. The van der Waals surface area contributed by atoms with Crippen LogP contribution in [-0.2, 0) is 15.7 Å². The maximum atomic E-state index is 12.8. The van der Waals surface area contributed by atoms with Crippen molar-refractivity contribution in [2.24, 2.45) is 11.8 Å². The second kappa shape index (κ2) is 13.5. The van der Waals surface area contributed by atoms with E-state index in [0.717, 1.165) is 12.1 Å². The van der Waals surface area contributed by atoms with Gasteiger partial charge in [-0.05, 0) is 82.1 Å². The van der Waals surface area contributed by atoms with Gasteiger partial charge < -0.3 is 24.8 Å². The molecule has 1 aliphatic carbocycles. The normalized spacial score (nSPS) is 23.3. The van der Waals surface area contributed by atoms with Gasteiger partial charge in [0.15, 0.2) is 0 Å². The van der Waals surface area contributed by atoms with E-state index in [1.807, 2.05) is 12.2 Å². The maximum Gasteiger partial charge on any atom is 0.416 e. The number of alkyl halides is 3. The van der Waals surface area contributed by atoms with Gasteiger partial charge in [0.25, 0.3) is 0 Å². The first-order valence-corrected chi connectivity index (χ1v) is 11.9. The molecular formula is C26H35F3O6. The molecule has 0 amide bonds. The van der Waals surface area contributed by atoms with Crippen molar-refractivity contribution in [3.63, 3.8) is 0 Å². The zero-order valence-electron chi connectivity index (χ0n) is 20.1. The second-order valence-electron chi connectivity index (χ2n) is 9.08. The lowest BCUT2D eigenvalue weighted by Gasteiger charge is -2.21. The molecule has 0 aromatic heterocycles. The first-order chi connectivity index (χ1) is 16.5. The fourth-order valence-corrected chi connectivity index (χ4v) is 4.14. The van der Waals surface area contributed by atoms with Gasteiger partial charge in [-0.1, -0.05) is 18.2 Å². The Bertz CT molecular complexity index is 865. The summed E-state index contributed by atoms with van der Waals surface area (Å²) in [5, 5.41) is 30.8. The summed E-state index contributed by atoms with van der Waals surface area (Å²) in [5.74, 6) is -0.909. The van der Waals surface area contributed by atoms with E-state index in [1.54, 1.807) is 13.8 Å². The fraction of sp³-hybridized carbons (Fsp3) is 0.577. The van der Waals surface area contributed by atoms with E-state index >= 15 is 0 Å². The first kappa shape index (κ1) is 28.7. The maximum absolute atomic E-state index is 12.8. The highest BCUT2D eigenvalue weighted by Gasteiger charge is 2.40. The molecule has 3 N–H and O–H groups in total. The summed E-state index contributed by atoms with van der Waals surface area (Å²) in [6.07, 6.45) is 2.04. The van der Waals surface area contributed by atoms with Crippen molar-refractivity contribution in [2.45, 2.75) is 76.9 Å². The van der Waals surface area contributed by atoms with Gasteiger partial charge in [-0.25, -0.2) is 0 Å². The van der Waals surface area contributed by atoms with Gasteiger partial charge in [0.1, 0.15) is 18.1 Å². The standard InChI is InChI=1S/C26H35F3O6/c1-17(2)35-25(33)11-6-4-3-5-10-21-22(24(32)15-23(21)31)13-12-19(30)16-34-20-9-7-8-18(14-20)26(27,28)29/h3,5,7-9,12,14,17,21-24,30-32H,4,6,10-11,13,15-16H2,1-2H3. The topological polar surface area (TPSA) is 96.2 Å². The summed E-state index contributed by atoms with van der Waals surface area (Å²) < 4.78 is 48.8. The molecule has 0 radical (unpaired) electrons. The van der Waals surface area contributed by atoms with Crippen LogP contribution < -0.4 is 4.74 Å². The van der Waals surface area contributed by atoms with Crippen LogP contribution in [0.15, 0.2) is 48.3 Å². The van der Waals surface area contributed by atoms with Crippen LogP contribution in [0.2, 0.25) is 0 Å². The highest BCUT2D eigenvalue weighted by molar-refractivity contribution is 5.69. The third kappa shape index (κ3) is 9.93. The molecule has 1 saturated carbocycles. The molecule has 1 aliphatic rings. The van der Waals surface area contributed by atoms with Crippen molar-refractivity contribution in [3.05, 3.63) is 53.8 Å². The van der Waals surface area contributed by atoms with Crippen molar-refractivity contribution in [1.82, 2.24) is 0 Å². The summed E-state index contributed by atoms with van der Waals surface area (Å²) in [6.45, 7) is 3.29. The van der Waals surface area contributed by atoms with Gasteiger partial charge in [0.05, 0.1) is 23.9 Å². The predicted molar refractivity (Wildman–Crippen MR) is 125 cm³/mol. The van der Waals surface area contributed by atoms with Crippen molar-refractivity contribution in [3.8, 4) is 5.75 Å². The molecule has 196 valence electrons. The van der Waals surface area contributed by atoms with Crippen LogP contribution in [0.4, 0.5) is 13.2 Å². The highest BCUT2D eigenvalue weighted by Crippen LogP contribution is 2.38. The molecule has 0 aliphatic heterocycles. The van der Waals surface area contributed by atoms with E-state index in [2.05, 4.69) is 0 Å². The van der Waals surface area contributed by atoms with Crippen LogP contribution in [0.3, 0.4) is 0 Å². The van der Waals surface area contributed by atoms with Crippen LogP contribution in [0, 0.1) is 11.8 Å². The summed E-state index contributed by atoms with van der Waals surface area (Å²) in [5.41, 5.74) is -0.840. The zero-order valence-corrected chi connectivity index (χ0v) is 20.1. The number of hydrogen-bond donors (Lipinski definition) is 3. The Morgan fingerprint density at radius 1 is 1.14 bits per heavy atom. The van der Waals surface area contributed by atoms with E-state index in [1.165, 1.54) is 18.2 Å². The van der Waals surface area contributed by atoms with E-state index < -0.39 is 23.9 Å². The number of carbonyl (C=O) groups excluding carboxylic acids is 1. The smallest absolute Gasteiger partial charge is 0.416 e. The number of esters is 1. The van der Waals surface area contributed by atoms with Crippen LogP contribution in [0.1, 0.15) is 57.9 Å². The molecule has 0 spiro atoms. The van der Waals surface area contributed by atoms with Gasteiger partial charge in [-0.2, -0.15) is 13.2 Å². The van der Waals surface area contributed by atoms with Crippen molar-refractivity contribution >= 4 is 5.97 Å². The Morgan fingerprint density at radius 2 is 1.83 bits per heavy atom. The average Bonchev–Trinajstić information content (AvgIpc) is 3.04. The number of hydrogen-bond acceptors (Lipinski definition) is 6. The molecule has 4 atom stereocenters. The van der Waals surface area contributed by atoms with Gasteiger partial charge in [0.2, 0.25) is 0 Å². The Kier molecular flexibility index (Phi) is 11.1. The summed E-state index contributed by atoms with van der Waals surface area (Å²) in [4.78, 5) is 11.5. The number of rotatable bonds is 12. The van der Waals surface area contributed by atoms with Gasteiger partial charge >= 0.3 is 12.1 Å². The van der Waals surface area contributed by atoms with Crippen LogP contribution >= 0.6 is 0 Å². The molecule has 35 heavy (non-hydrogen) atoms. The second-order valence-corrected chi connectivity index (χ2v) is 9.08. The monoisotopic (exact) mass is 500 g/mol. The minimum Gasteiger partial charge on any atom is -0.509 e. The molecule has 0 saturated heterocycles. The minimum absolute atomic E-state index is 0.0171. The number of ether oxygens (including phenoxy) is 2. The number of carbonyl (C=O) groups is 1. The lowest BCUT2D eigenvalue weighted by atomic mass is 9.87. The van der Waals surface area contributed by atoms with Crippen molar-refractivity contribution in [2.75, 3.05) is 6.61 Å². The molecule has 1 fully saturated rings. The highest BCUT2D eigenvalue weighted by atomic mass is 19.4. The third-order valence-electron chi connectivity index (χ3n) is 5.89. The quantitative estimate of drug-likeness (QED) is 0.155. The summed E-state index contributed by atoms with van der Waals surface area (Å²) in [7, 11) is 0. The Hall–Kier alpha value is -2.52. The van der Waals surface area contributed by atoms with Gasteiger partial charge in [0, 0.05) is 6.42 Å². The van der Waals surface area contributed by atoms with E-state index in [-0.39, 0.29) is 54.9 Å². The molecule has 1 aromatic rings. The number of aliphatic hydroxyl groups excluding tert-OH is 3. The summed E-state index contributed by atoms with van der Waals surface area (Å²) in [6, 6.07) is 4.39. The van der Waals surface area contributed by atoms with Gasteiger partial charge in [-0.3, -0.25) is 4.79 Å². The SMILES string of the molecule is CC(C)OC(=O)CCCC=CCC1C(O)CC(O)C1CC=C(O)COc1cccc(C(F)(F)F)c1. The van der Waals surface area contributed by atoms with Crippen molar-refractivity contribution in [1.29, 1.82) is 0 Å². The number of halogens is 3. The summed E-state index contributed by atoms with van der Waals surface area (Å²) >= 11 is 0. The minimum atomic E-state index is -4.49. The van der Waals surface area contributed by atoms with E-state index in [4.69, 9.17) is 9.47 Å². The van der Waals surface area contributed by atoms with E-state index in [0.29, 0.717) is 25.7 Å². The Balaban J connectivity index is 1.82. The largest absolute Gasteiger partial charge is 0.509 e. The fourth-order valence-electron chi connectivity index (χ4n) is 4.14. The molecule has 0 heterocycles. The molecule has 2 rings (SSSR count). The number of aliphatic hydroxyl groups is 3. The molecule has 9 heteroatoms. The molecule has 0 bridgehead atoms. The first-order valence-electron chi connectivity index (χ1n) is 11.9. The number of unbranched alkanes of at least 4 members (excludes halogenated alkanes) is 1. The lowest BCUT2D eigenvalue weighted by Crippen LogP contribution is -2.21. The molecule has 4 unspecified atom stereocenters. The number of benzene rings is 1. The molecular weight excluding hydrogens is 465 g/mol.